The van der Waals surface area contributed by atoms with Gasteiger partial charge in [-0.15, -0.1) is 0 Å². The van der Waals surface area contributed by atoms with Crippen molar-refractivity contribution in [3.05, 3.63) is 42.1 Å². The average molecular weight is 228 g/mol. The summed E-state index contributed by atoms with van der Waals surface area (Å²) in [5, 5.41) is 2.73. The van der Waals surface area contributed by atoms with Crippen LogP contribution in [-0.4, -0.2) is 17.9 Å². The summed E-state index contributed by atoms with van der Waals surface area (Å²) in [4.78, 5) is 27.2. The Balaban J connectivity index is 2.12. The number of carbonyl (C=O) groups is 2. The minimum atomic E-state index is -0.820. The van der Waals surface area contributed by atoms with Crippen LogP contribution in [0.2, 0.25) is 0 Å². The SMILES string of the molecule is Cc1ccccc1NC(=O)C1C=NC=CC1=O. The summed E-state index contributed by atoms with van der Waals surface area (Å²) in [5.41, 5.74) is 1.67. The topological polar surface area (TPSA) is 58.5 Å². The van der Waals surface area contributed by atoms with E-state index >= 15 is 0 Å². The second kappa shape index (κ2) is 4.74. The van der Waals surface area contributed by atoms with Crippen LogP contribution in [0.3, 0.4) is 0 Å². The minimum absolute atomic E-state index is 0.244. The monoisotopic (exact) mass is 228 g/mol. The van der Waals surface area contributed by atoms with Crippen LogP contribution in [0.25, 0.3) is 0 Å². The number of hydrogen-bond donors (Lipinski definition) is 1. The first-order valence-corrected chi connectivity index (χ1v) is 5.28. The molecule has 1 aliphatic heterocycles. The number of nitrogens with one attached hydrogen (secondary N) is 1. The summed E-state index contributed by atoms with van der Waals surface area (Å²) in [6.45, 7) is 1.90. The highest BCUT2D eigenvalue weighted by Crippen LogP contribution is 2.15. The second-order valence-corrected chi connectivity index (χ2v) is 3.80. The summed E-state index contributed by atoms with van der Waals surface area (Å²) in [6, 6.07) is 7.42. The molecule has 0 saturated carbocycles. The molecule has 17 heavy (non-hydrogen) atoms. The lowest BCUT2D eigenvalue weighted by Gasteiger charge is -2.13. The number of ketones is 1. The van der Waals surface area contributed by atoms with E-state index in [0.29, 0.717) is 5.69 Å². The zero-order valence-corrected chi connectivity index (χ0v) is 9.38. The molecule has 4 nitrogen and oxygen atoms in total. The molecule has 0 spiro atoms. The van der Waals surface area contributed by atoms with Crippen molar-refractivity contribution >= 4 is 23.6 Å². The van der Waals surface area contributed by atoms with Crippen molar-refractivity contribution < 1.29 is 9.59 Å². The van der Waals surface area contributed by atoms with Crippen LogP contribution in [0.4, 0.5) is 5.69 Å². The number of aryl methyl sites for hydroxylation is 1. The molecule has 1 N–H and O–H groups in total. The van der Waals surface area contributed by atoms with Crippen molar-refractivity contribution in [2.75, 3.05) is 5.32 Å². The van der Waals surface area contributed by atoms with E-state index in [4.69, 9.17) is 0 Å². The van der Waals surface area contributed by atoms with Gasteiger partial charge in [0.25, 0.3) is 0 Å². The molecule has 1 amide bonds. The third kappa shape index (κ3) is 2.47. The van der Waals surface area contributed by atoms with Gasteiger partial charge < -0.3 is 5.32 Å². The Morgan fingerprint density at radius 2 is 2.12 bits per heavy atom. The molecule has 1 heterocycles. The summed E-state index contributed by atoms with van der Waals surface area (Å²) in [6.07, 6.45) is 4.05. The van der Waals surface area contributed by atoms with Crippen molar-refractivity contribution in [2.24, 2.45) is 10.9 Å². The third-order valence-corrected chi connectivity index (χ3v) is 2.55. The van der Waals surface area contributed by atoms with Gasteiger partial charge in [0.05, 0.1) is 0 Å². The van der Waals surface area contributed by atoms with E-state index in [9.17, 15) is 9.59 Å². The largest absolute Gasteiger partial charge is 0.325 e. The Kier molecular flexibility index (Phi) is 3.14. The Bertz CT molecular complexity index is 518. The van der Waals surface area contributed by atoms with E-state index in [2.05, 4.69) is 10.3 Å². The molecule has 0 radical (unpaired) electrons. The fourth-order valence-corrected chi connectivity index (χ4v) is 1.55. The minimum Gasteiger partial charge on any atom is -0.325 e. The van der Waals surface area contributed by atoms with Gasteiger partial charge in [-0.05, 0) is 18.6 Å². The van der Waals surface area contributed by atoms with Gasteiger partial charge in [0, 0.05) is 24.2 Å². The van der Waals surface area contributed by atoms with Crippen LogP contribution < -0.4 is 5.32 Å². The molecule has 1 unspecified atom stereocenters. The molecule has 0 bridgehead atoms. The predicted octanol–water partition coefficient (Wildman–Crippen LogP) is 1.72. The van der Waals surface area contributed by atoms with Crippen LogP contribution in [-0.2, 0) is 9.59 Å². The number of anilines is 1. The molecule has 0 aromatic heterocycles. The highest BCUT2D eigenvalue weighted by Gasteiger charge is 2.24. The van der Waals surface area contributed by atoms with Crippen molar-refractivity contribution in [3.63, 3.8) is 0 Å². The molecule has 0 aliphatic carbocycles. The average Bonchev–Trinajstić information content (AvgIpc) is 2.32. The molecular formula is C13H12N2O2. The first-order chi connectivity index (χ1) is 8.18. The number of aliphatic imine (C=N–C) groups is 1. The van der Waals surface area contributed by atoms with Gasteiger partial charge in [0.1, 0.15) is 5.92 Å². The number of para-hydroxylation sites is 1. The maximum Gasteiger partial charge on any atom is 0.240 e. The van der Waals surface area contributed by atoms with Gasteiger partial charge >= 0.3 is 0 Å². The van der Waals surface area contributed by atoms with E-state index in [-0.39, 0.29) is 11.7 Å². The fourth-order valence-electron chi connectivity index (χ4n) is 1.55. The molecule has 1 aromatic carbocycles. The Morgan fingerprint density at radius 3 is 2.82 bits per heavy atom. The van der Waals surface area contributed by atoms with Crippen LogP contribution >= 0.6 is 0 Å². The molecule has 4 heteroatoms. The Morgan fingerprint density at radius 1 is 1.35 bits per heavy atom. The first-order valence-electron chi connectivity index (χ1n) is 5.28. The maximum absolute atomic E-state index is 11.9. The summed E-state index contributed by atoms with van der Waals surface area (Å²) in [7, 11) is 0. The Hall–Kier alpha value is -2.23. The van der Waals surface area contributed by atoms with Crippen LogP contribution in [0, 0.1) is 12.8 Å². The number of allylic oxidation sites excluding steroid dienone is 1. The smallest absolute Gasteiger partial charge is 0.240 e. The highest BCUT2D eigenvalue weighted by atomic mass is 16.2. The summed E-state index contributed by atoms with van der Waals surface area (Å²) < 4.78 is 0. The van der Waals surface area contributed by atoms with Gasteiger partial charge in [0.15, 0.2) is 5.78 Å². The molecule has 0 saturated heterocycles. The number of amides is 1. The lowest BCUT2D eigenvalue weighted by atomic mass is 10.0. The number of carbonyl (C=O) groups excluding carboxylic acids is 2. The molecule has 1 atom stereocenters. The second-order valence-electron chi connectivity index (χ2n) is 3.80. The lowest BCUT2D eigenvalue weighted by Crippen LogP contribution is -2.31. The van der Waals surface area contributed by atoms with Crippen molar-refractivity contribution in [3.8, 4) is 0 Å². The van der Waals surface area contributed by atoms with Gasteiger partial charge in [-0.1, -0.05) is 18.2 Å². The molecule has 1 aliphatic rings. The summed E-state index contributed by atoms with van der Waals surface area (Å²) in [5.74, 6) is -1.41. The van der Waals surface area contributed by atoms with Crippen molar-refractivity contribution in [1.82, 2.24) is 0 Å². The quantitative estimate of drug-likeness (QED) is 0.783. The predicted molar refractivity (Wildman–Crippen MR) is 65.9 cm³/mol. The number of nitrogens with zero attached hydrogens (tertiary/aromatic N) is 1. The van der Waals surface area contributed by atoms with Gasteiger partial charge in [0.2, 0.25) is 5.91 Å². The highest BCUT2D eigenvalue weighted by molar-refractivity contribution is 6.21. The maximum atomic E-state index is 11.9. The first kappa shape index (κ1) is 11.3. The molecule has 1 aromatic rings. The van der Waals surface area contributed by atoms with Crippen LogP contribution in [0.1, 0.15) is 5.56 Å². The number of hydrogen-bond acceptors (Lipinski definition) is 3. The molecule has 0 fully saturated rings. The van der Waals surface area contributed by atoms with E-state index in [1.807, 2.05) is 25.1 Å². The van der Waals surface area contributed by atoms with Crippen LogP contribution in [0.15, 0.2) is 41.5 Å². The zero-order valence-electron chi connectivity index (χ0n) is 9.38. The molecule has 2 rings (SSSR count). The van der Waals surface area contributed by atoms with E-state index in [1.54, 1.807) is 6.07 Å². The van der Waals surface area contributed by atoms with Crippen molar-refractivity contribution in [2.45, 2.75) is 6.92 Å². The fraction of sp³-hybridized carbons (Fsp3) is 0.154. The third-order valence-electron chi connectivity index (χ3n) is 2.55. The lowest BCUT2D eigenvalue weighted by molar-refractivity contribution is -0.125. The standard InChI is InChI=1S/C13H12N2O2/c1-9-4-2-3-5-11(9)15-13(17)10-8-14-7-6-12(10)16/h2-8,10H,1H3,(H,15,17). The van der Waals surface area contributed by atoms with Gasteiger partial charge in [-0.2, -0.15) is 0 Å². The van der Waals surface area contributed by atoms with E-state index in [0.717, 1.165) is 5.56 Å². The summed E-state index contributed by atoms with van der Waals surface area (Å²) >= 11 is 0. The Labute approximate surface area is 99.1 Å². The molecular weight excluding hydrogens is 216 g/mol. The number of benzene rings is 1. The van der Waals surface area contributed by atoms with E-state index in [1.165, 1.54) is 18.5 Å². The van der Waals surface area contributed by atoms with Crippen LogP contribution in [0.5, 0.6) is 0 Å². The van der Waals surface area contributed by atoms with Gasteiger partial charge in [-0.25, -0.2) is 0 Å². The van der Waals surface area contributed by atoms with E-state index < -0.39 is 5.92 Å². The zero-order chi connectivity index (χ0) is 12.3. The number of rotatable bonds is 2. The molecule has 86 valence electrons. The van der Waals surface area contributed by atoms with Gasteiger partial charge in [-0.3, -0.25) is 14.6 Å². The van der Waals surface area contributed by atoms with Crippen molar-refractivity contribution in [1.29, 1.82) is 0 Å². The normalized spacial score (nSPS) is 18.2.